The first kappa shape index (κ1) is 39.2. The number of ether oxygens (including phenoxy) is 2. The first-order valence-electron chi connectivity index (χ1n) is 20.1. The van der Waals surface area contributed by atoms with E-state index in [2.05, 4.69) is 53.8 Å². The number of nitrogens with zero attached hydrogens (tertiary/aromatic N) is 5. The number of likely N-dealkylation sites (tertiary alicyclic amines) is 2. The molecule has 0 aliphatic carbocycles. The van der Waals surface area contributed by atoms with Crippen molar-refractivity contribution in [3.63, 3.8) is 0 Å². The number of methoxy groups -OCH3 is 1. The van der Waals surface area contributed by atoms with Gasteiger partial charge in [0.05, 0.1) is 44.8 Å². The molecule has 3 amide bonds. The second-order valence-corrected chi connectivity index (χ2v) is 14.8. The van der Waals surface area contributed by atoms with Crippen LogP contribution in [0.15, 0.2) is 97.3 Å². The maximum atomic E-state index is 14.2. The van der Waals surface area contributed by atoms with Gasteiger partial charge in [-0.15, -0.1) is 0 Å². The fraction of sp³-hybridized carbons (Fsp3) is 0.326. The summed E-state index contributed by atoms with van der Waals surface area (Å²) >= 11 is 0. The van der Waals surface area contributed by atoms with Crippen LogP contribution in [0.1, 0.15) is 95.1 Å². The third-order valence-corrected chi connectivity index (χ3v) is 11.0. The maximum Gasteiger partial charge on any atom is 0.407 e. The third-order valence-electron chi connectivity index (χ3n) is 11.0. The van der Waals surface area contributed by atoms with Crippen molar-refractivity contribution in [3.05, 3.63) is 143 Å². The Balaban J connectivity index is 0.901. The number of H-pyrrole nitrogens is 2. The van der Waals surface area contributed by atoms with E-state index in [4.69, 9.17) is 9.47 Å². The van der Waals surface area contributed by atoms with Crippen molar-refractivity contribution < 1.29 is 23.9 Å². The van der Waals surface area contributed by atoms with Crippen LogP contribution < -0.4 is 5.32 Å². The number of morpholine rings is 1. The normalized spacial score (nSPS) is 18.9. The number of imidazole rings is 2. The zero-order valence-electron chi connectivity index (χ0n) is 32.9. The number of rotatable bonds is 8. The number of benzene rings is 3. The van der Waals surface area contributed by atoms with E-state index in [1.165, 1.54) is 7.11 Å². The molecule has 13 heteroatoms. The molecule has 3 aliphatic heterocycles. The van der Waals surface area contributed by atoms with Gasteiger partial charge in [0, 0.05) is 37.3 Å². The molecule has 0 spiro atoms. The first-order chi connectivity index (χ1) is 28.9. The molecule has 5 heterocycles. The molecular weight excluding hydrogens is 745 g/mol. The molecule has 0 radical (unpaired) electrons. The van der Waals surface area contributed by atoms with Crippen LogP contribution in [-0.4, -0.2) is 99.0 Å². The maximum absolute atomic E-state index is 14.2. The van der Waals surface area contributed by atoms with E-state index in [9.17, 15) is 14.4 Å². The Morgan fingerprint density at radius 1 is 0.695 bits per heavy atom. The van der Waals surface area contributed by atoms with Gasteiger partial charge in [-0.25, -0.2) is 14.8 Å². The third kappa shape index (κ3) is 9.07. The molecule has 8 rings (SSSR count). The van der Waals surface area contributed by atoms with Crippen LogP contribution in [-0.2, 0) is 19.1 Å². The molecule has 300 valence electrons. The lowest BCUT2D eigenvalue weighted by atomic mass is 10.0. The molecule has 3 aromatic carbocycles. The van der Waals surface area contributed by atoms with Gasteiger partial charge in [0.25, 0.3) is 5.91 Å². The number of carbonyl (C=O) groups excluding carboxylic acids is 3. The minimum Gasteiger partial charge on any atom is -0.453 e. The number of carbonyl (C=O) groups is 3. The molecule has 3 aliphatic rings. The zero-order valence-corrected chi connectivity index (χ0v) is 32.9. The summed E-state index contributed by atoms with van der Waals surface area (Å²) in [7, 11) is 1.27. The van der Waals surface area contributed by atoms with Crippen LogP contribution in [0.25, 0.3) is 0 Å². The van der Waals surface area contributed by atoms with Gasteiger partial charge in [-0.05, 0) is 72.9 Å². The molecule has 0 bridgehead atoms. The van der Waals surface area contributed by atoms with Crippen molar-refractivity contribution in [3.8, 4) is 23.7 Å². The van der Waals surface area contributed by atoms with Gasteiger partial charge in [0.1, 0.15) is 35.1 Å². The van der Waals surface area contributed by atoms with Gasteiger partial charge < -0.3 is 34.6 Å². The number of amides is 3. The van der Waals surface area contributed by atoms with Crippen LogP contribution in [0.3, 0.4) is 0 Å². The molecule has 2 aromatic heterocycles. The highest BCUT2D eigenvalue weighted by molar-refractivity contribution is 5.87. The van der Waals surface area contributed by atoms with Crippen molar-refractivity contribution in [1.82, 2.24) is 40.0 Å². The molecule has 0 saturated carbocycles. The summed E-state index contributed by atoms with van der Waals surface area (Å²) in [6, 6.07) is 25.2. The van der Waals surface area contributed by atoms with E-state index in [0.717, 1.165) is 48.2 Å². The van der Waals surface area contributed by atoms with Crippen molar-refractivity contribution in [2.45, 2.75) is 49.9 Å². The van der Waals surface area contributed by atoms with Crippen LogP contribution >= 0.6 is 0 Å². The second kappa shape index (κ2) is 18.3. The topological polar surface area (TPSA) is 149 Å². The van der Waals surface area contributed by atoms with Gasteiger partial charge in [-0.2, -0.15) is 0 Å². The van der Waals surface area contributed by atoms with Gasteiger partial charge in [-0.1, -0.05) is 72.5 Å². The Morgan fingerprint density at radius 3 is 1.73 bits per heavy atom. The fourth-order valence-corrected chi connectivity index (χ4v) is 8.10. The molecule has 5 aromatic rings. The van der Waals surface area contributed by atoms with E-state index in [1.807, 2.05) is 89.8 Å². The summed E-state index contributed by atoms with van der Waals surface area (Å²) in [5.41, 5.74) is 4.62. The fourth-order valence-electron chi connectivity index (χ4n) is 8.10. The number of aromatic nitrogens is 4. The first-order valence-corrected chi connectivity index (χ1v) is 20.1. The SMILES string of the molecule is COC(=O)N[C@@H](C(=O)N1CCC[C@H]1c1ncc(C#Cc2ccc(C#Cc3cnc([C@@H]4CCCN4C(=O)[C@@H](c4ccccc4)N4CCOCC4)[nH]3)cc2)[nH]1)c1ccccc1. The van der Waals surface area contributed by atoms with Crippen LogP contribution in [0.4, 0.5) is 4.79 Å². The van der Waals surface area contributed by atoms with Crippen molar-refractivity contribution in [2.75, 3.05) is 46.5 Å². The number of hydrogen-bond acceptors (Lipinski definition) is 8. The van der Waals surface area contributed by atoms with E-state index in [1.54, 1.807) is 17.3 Å². The summed E-state index contributed by atoms with van der Waals surface area (Å²) < 4.78 is 10.4. The van der Waals surface area contributed by atoms with Crippen molar-refractivity contribution in [2.24, 2.45) is 0 Å². The summed E-state index contributed by atoms with van der Waals surface area (Å²) in [4.78, 5) is 62.1. The highest BCUT2D eigenvalue weighted by Crippen LogP contribution is 2.35. The molecule has 4 atom stereocenters. The average Bonchev–Trinajstić information content (AvgIpc) is 4.13. The minimum atomic E-state index is -0.886. The van der Waals surface area contributed by atoms with Crippen molar-refractivity contribution in [1.29, 1.82) is 0 Å². The monoisotopic (exact) mass is 790 g/mol. The number of hydrogen-bond donors (Lipinski definition) is 3. The predicted octanol–water partition coefficient (Wildman–Crippen LogP) is 5.43. The Hall–Kier alpha value is -6.67. The van der Waals surface area contributed by atoms with E-state index < -0.39 is 12.1 Å². The molecule has 3 N–H and O–H groups in total. The Kier molecular flexibility index (Phi) is 12.1. The van der Waals surface area contributed by atoms with Crippen LogP contribution in [0.2, 0.25) is 0 Å². The van der Waals surface area contributed by atoms with Crippen LogP contribution in [0.5, 0.6) is 0 Å². The molecule has 0 unspecified atom stereocenters. The zero-order chi connectivity index (χ0) is 40.6. The predicted molar refractivity (Wildman–Crippen MR) is 219 cm³/mol. The quantitative estimate of drug-likeness (QED) is 0.176. The van der Waals surface area contributed by atoms with Crippen LogP contribution in [0, 0.1) is 23.7 Å². The standard InChI is InChI=1S/C46H46N8O5/c1-58-46(57)51-40(34-10-4-2-5-11-34)44(55)53-24-8-14-38(53)42-47-30-36(49-42)22-20-32-16-18-33(19-17-32)21-23-37-31-48-43(50-37)39-15-9-25-54(39)45(56)41(35-12-6-3-7-13-35)52-26-28-59-29-27-52/h2-7,10-13,16-19,30-31,38-41H,8-9,14-15,24-29H2,1H3,(H,47,49)(H,48,50)(H,51,57)/t38-,39-,40+,41+/m0/s1. The van der Waals surface area contributed by atoms with Gasteiger partial charge in [-0.3, -0.25) is 14.5 Å². The number of nitrogens with one attached hydrogen (secondary N) is 3. The summed E-state index contributed by atoms with van der Waals surface area (Å²) in [6.07, 6.45) is 6.02. The molecule has 59 heavy (non-hydrogen) atoms. The summed E-state index contributed by atoms with van der Waals surface area (Å²) in [6.45, 7) is 3.88. The molecular formula is C46H46N8O5. The van der Waals surface area contributed by atoms with Crippen molar-refractivity contribution >= 4 is 17.9 Å². The van der Waals surface area contributed by atoms with Gasteiger partial charge in [0.2, 0.25) is 5.91 Å². The summed E-state index contributed by atoms with van der Waals surface area (Å²) in [5, 5.41) is 2.69. The number of alkyl carbamates (subject to hydrolysis) is 1. The number of aromatic amines is 2. The molecule has 3 fully saturated rings. The van der Waals surface area contributed by atoms with Gasteiger partial charge >= 0.3 is 6.09 Å². The second-order valence-electron chi connectivity index (χ2n) is 14.8. The largest absolute Gasteiger partial charge is 0.453 e. The molecule has 13 nitrogen and oxygen atoms in total. The lowest BCUT2D eigenvalue weighted by Gasteiger charge is -2.37. The van der Waals surface area contributed by atoms with E-state index in [0.29, 0.717) is 62.2 Å². The Morgan fingerprint density at radius 2 is 1.20 bits per heavy atom. The van der Waals surface area contributed by atoms with Gasteiger partial charge in [0.15, 0.2) is 0 Å². The highest BCUT2D eigenvalue weighted by atomic mass is 16.5. The highest BCUT2D eigenvalue weighted by Gasteiger charge is 2.39. The lowest BCUT2D eigenvalue weighted by Crippen LogP contribution is -2.47. The smallest absolute Gasteiger partial charge is 0.407 e. The Labute approximate surface area is 343 Å². The van der Waals surface area contributed by atoms with E-state index in [-0.39, 0.29) is 29.9 Å². The Bertz CT molecular complexity index is 2370. The van der Waals surface area contributed by atoms with E-state index >= 15 is 0 Å². The summed E-state index contributed by atoms with van der Waals surface area (Å²) in [5.74, 6) is 14.0. The minimum absolute atomic E-state index is 0.0943. The lowest BCUT2D eigenvalue weighted by molar-refractivity contribution is -0.140. The molecule has 3 saturated heterocycles. The average molecular weight is 791 g/mol.